The van der Waals surface area contributed by atoms with Crippen molar-refractivity contribution in [3.05, 3.63) is 16.7 Å². The second-order valence-corrected chi connectivity index (χ2v) is 3.35. The smallest absolute Gasteiger partial charge is 0.169 e. The number of hydroxylamine groups is 1. The van der Waals surface area contributed by atoms with Crippen molar-refractivity contribution < 1.29 is 19.4 Å². The van der Waals surface area contributed by atoms with Gasteiger partial charge in [-0.25, -0.2) is 5.48 Å². The molecule has 0 saturated carbocycles. The third-order valence-corrected chi connectivity index (χ3v) is 2.41. The van der Waals surface area contributed by atoms with E-state index in [1.165, 1.54) is 21.3 Å². The third-order valence-electron chi connectivity index (χ3n) is 2.13. The predicted octanol–water partition coefficient (Wildman–Crippen LogP) is 1.84. The molecule has 90 valence electrons. The van der Waals surface area contributed by atoms with Gasteiger partial charge in [-0.05, 0) is 0 Å². The number of nitrogens with one attached hydrogen (secondary N) is 1. The van der Waals surface area contributed by atoms with E-state index in [9.17, 15) is 0 Å². The second kappa shape index (κ2) is 5.79. The fourth-order valence-corrected chi connectivity index (χ4v) is 1.77. The Balaban J connectivity index is 3.40. The first-order chi connectivity index (χ1) is 7.69. The van der Waals surface area contributed by atoms with Gasteiger partial charge in [-0.15, -0.1) is 0 Å². The molecule has 1 rings (SSSR count). The molecule has 0 aliphatic heterocycles. The Bertz CT molecular complexity index is 370. The van der Waals surface area contributed by atoms with E-state index < -0.39 is 0 Å². The average Bonchev–Trinajstić information content (AvgIpc) is 2.29. The number of ether oxygens (including phenoxy) is 3. The number of methoxy groups -OCH3 is 3. The van der Waals surface area contributed by atoms with Gasteiger partial charge in [0.25, 0.3) is 0 Å². The van der Waals surface area contributed by atoms with E-state index >= 15 is 0 Å². The van der Waals surface area contributed by atoms with Gasteiger partial charge in [0.1, 0.15) is 5.75 Å². The molecule has 0 bridgehead atoms. The highest BCUT2D eigenvalue weighted by Gasteiger charge is 2.19. The first-order valence-electron chi connectivity index (χ1n) is 4.53. The van der Waals surface area contributed by atoms with Crippen LogP contribution in [0.2, 0.25) is 5.02 Å². The van der Waals surface area contributed by atoms with Crippen LogP contribution in [-0.2, 0) is 6.54 Å². The summed E-state index contributed by atoms with van der Waals surface area (Å²) >= 11 is 6.01. The Morgan fingerprint density at radius 2 is 1.81 bits per heavy atom. The van der Waals surface area contributed by atoms with Gasteiger partial charge in [-0.3, -0.25) is 0 Å². The van der Waals surface area contributed by atoms with Crippen LogP contribution < -0.4 is 19.7 Å². The van der Waals surface area contributed by atoms with Crippen molar-refractivity contribution in [1.82, 2.24) is 5.48 Å². The van der Waals surface area contributed by atoms with Crippen LogP contribution in [-0.4, -0.2) is 26.5 Å². The molecular formula is C10H14ClNO4. The lowest BCUT2D eigenvalue weighted by Gasteiger charge is -2.16. The molecule has 0 atom stereocenters. The van der Waals surface area contributed by atoms with Crippen LogP contribution in [0.3, 0.4) is 0 Å². The van der Waals surface area contributed by atoms with Crippen LogP contribution in [0.4, 0.5) is 0 Å². The summed E-state index contributed by atoms with van der Waals surface area (Å²) in [7, 11) is 4.51. The molecule has 0 aliphatic rings. The van der Waals surface area contributed by atoms with Crippen LogP contribution >= 0.6 is 11.6 Å². The Morgan fingerprint density at radius 1 is 1.19 bits per heavy atom. The number of hydrogen-bond acceptors (Lipinski definition) is 5. The van der Waals surface area contributed by atoms with Gasteiger partial charge in [-0.2, -0.15) is 0 Å². The predicted molar refractivity (Wildman–Crippen MR) is 59.7 cm³/mol. The van der Waals surface area contributed by atoms with E-state index in [2.05, 4.69) is 0 Å². The van der Waals surface area contributed by atoms with Gasteiger partial charge >= 0.3 is 0 Å². The van der Waals surface area contributed by atoms with E-state index in [4.69, 9.17) is 31.0 Å². The van der Waals surface area contributed by atoms with Gasteiger partial charge in [0, 0.05) is 6.07 Å². The molecule has 0 aliphatic carbocycles. The SMILES string of the molecule is COc1cc(Cl)c(OC)c(CNO)c1OC. The van der Waals surface area contributed by atoms with Crippen LogP contribution in [0.5, 0.6) is 17.2 Å². The molecule has 2 N–H and O–H groups in total. The molecule has 6 heteroatoms. The minimum atomic E-state index is 0.142. The van der Waals surface area contributed by atoms with Crippen molar-refractivity contribution >= 4 is 11.6 Å². The van der Waals surface area contributed by atoms with Crippen molar-refractivity contribution in [1.29, 1.82) is 0 Å². The lowest BCUT2D eigenvalue weighted by atomic mass is 10.1. The van der Waals surface area contributed by atoms with E-state index in [1.807, 2.05) is 5.48 Å². The summed E-state index contributed by atoms with van der Waals surface area (Å²) < 4.78 is 15.5. The molecule has 16 heavy (non-hydrogen) atoms. The van der Waals surface area contributed by atoms with E-state index in [-0.39, 0.29) is 6.54 Å². The molecule has 0 saturated heterocycles. The molecule has 1 aromatic rings. The Morgan fingerprint density at radius 3 is 2.25 bits per heavy atom. The van der Waals surface area contributed by atoms with Crippen LogP contribution in [0.1, 0.15) is 5.56 Å². The zero-order chi connectivity index (χ0) is 12.1. The van der Waals surface area contributed by atoms with E-state index in [0.29, 0.717) is 27.8 Å². The molecule has 0 spiro atoms. The minimum Gasteiger partial charge on any atom is -0.495 e. The minimum absolute atomic E-state index is 0.142. The number of benzene rings is 1. The Hall–Kier alpha value is -1.17. The lowest BCUT2D eigenvalue weighted by Crippen LogP contribution is -2.10. The molecule has 1 aromatic carbocycles. The maximum absolute atomic E-state index is 8.77. The molecule has 5 nitrogen and oxygen atoms in total. The summed E-state index contributed by atoms with van der Waals surface area (Å²) in [4.78, 5) is 0. The van der Waals surface area contributed by atoms with Gasteiger partial charge in [0.2, 0.25) is 0 Å². The molecule has 0 fully saturated rings. The summed E-state index contributed by atoms with van der Waals surface area (Å²) in [6.45, 7) is 0.142. The topological polar surface area (TPSA) is 60.0 Å². The fourth-order valence-electron chi connectivity index (χ4n) is 1.48. The summed E-state index contributed by atoms with van der Waals surface area (Å²) in [6.07, 6.45) is 0. The normalized spacial score (nSPS) is 10.1. The van der Waals surface area contributed by atoms with Crippen molar-refractivity contribution in [2.24, 2.45) is 0 Å². The van der Waals surface area contributed by atoms with Crippen molar-refractivity contribution in [3.63, 3.8) is 0 Å². The average molecular weight is 248 g/mol. The Labute approximate surface area is 98.8 Å². The highest BCUT2D eigenvalue weighted by atomic mass is 35.5. The summed E-state index contributed by atoms with van der Waals surface area (Å²) in [5.74, 6) is 1.41. The molecule has 0 aromatic heterocycles. The number of rotatable bonds is 5. The molecular weight excluding hydrogens is 234 g/mol. The number of hydrogen-bond donors (Lipinski definition) is 2. The van der Waals surface area contributed by atoms with Gasteiger partial charge < -0.3 is 19.4 Å². The highest BCUT2D eigenvalue weighted by Crippen LogP contribution is 2.42. The van der Waals surface area contributed by atoms with E-state index in [1.54, 1.807) is 6.07 Å². The monoisotopic (exact) mass is 247 g/mol. The van der Waals surface area contributed by atoms with Crippen molar-refractivity contribution in [3.8, 4) is 17.2 Å². The molecule has 0 heterocycles. The molecule has 0 amide bonds. The lowest BCUT2D eigenvalue weighted by molar-refractivity contribution is 0.158. The van der Waals surface area contributed by atoms with Gasteiger partial charge in [0.15, 0.2) is 11.5 Å². The standard InChI is InChI=1S/C10H14ClNO4/c1-14-8-4-7(11)9(15-2)6(5-12-13)10(8)16-3/h4,12-13H,5H2,1-3H3. The van der Waals surface area contributed by atoms with Crippen LogP contribution in [0.25, 0.3) is 0 Å². The highest BCUT2D eigenvalue weighted by molar-refractivity contribution is 6.32. The zero-order valence-electron chi connectivity index (χ0n) is 9.33. The fraction of sp³-hybridized carbons (Fsp3) is 0.400. The maximum atomic E-state index is 8.77. The van der Waals surface area contributed by atoms with Gasteiger partial charge in [-0.1, -0.05) is 11.6 Å². The van der Waals surface area contributed by atoms with Crippen molar-refractivity contribution in [2.45, 2.75) is 6.54 Å². The maximum Gasteiger partial charge on any atom is 0.169 e. The molecule has 0 unspecified atom stereocenters. The first-order valence-corrected chi connectivity index (χ1v) is 4.91. The summed E-state index contributed by atoms with van der Waals surface area (Å²) in [6, 6.07) is 1.60. The Kier molecular flexibility index (Phi) is 4.67. The second-order valence-electron chi connectivity index (χ2n) is 2.94. The summed E-state index contributed by atoms with van der Waals surface area (Å²) in [5.41, 5.74) is 2.63. The van der Waals surface area contributed by atoms with Crippen molar-refractivity contribution in [2.75, 3.05) is 21.3 Å². The quantitative estimate of drug-likeness (QED) is 0.778. The number of halogens is 1. The van der Waals surface area contributed by atoms with Gasteiger partial charge in [0.05, 0.1) is 38.5 Å². The third kappa shape index (κ3) is 2.32. The van der Waals surface area contributed by atoms with Crippen LogP contribution in [0, 0.1) is 0 Å². The first kappa shape index (κ1) is 12.9. The van der Waals surface area contributed by atoms with Crippen LogP contribution in [0.15, 0.2) is 6.07 Å². The zero-order valence-corrected chi connectivity index (χ0v) is 10.1. The van der Waals surface area contributed by atoms with E-state index in [0.717, 1.165) is 0 Å². The molecule has 0 radical (unpaired) electrons. The summed E-state index contributed by atoms with van der Waals surface area (Å²) in [5, 5.41) is 9.16. The largest absolute Gasteiger partial charge is 0.495 e.